The smallest absolute Gasteiger partial charge is 0.290 e. The van der Waals surface area contributed by atoms with Gasteiger partial charge in [0, 0.05) is 23.7 Å². The first-order chi connectivity index (χ1) is 12.7. The lowest BCUT2D eigenvalue weighted by Crippen LogP contribution is -2.31. The van der Waals surface area contributed by atoms with E-state index in [2.05, 4.69) is 10.2 Å². The number of aromatic nitrogens is 3. The van der Waals surface area contributed by atoms with Gasteiger partial charge < -0.3 is 9.32 Å². The van der Waals surface area contributed by atoms with Crippen LogP contribution in [-0.4, -0.2) is 31.9 Å². The number of hydrogen-bond donors (Lipinski definition) is 0. The molecule has 6 heteroatoms. The topological polar surface area (TPSA) is 63.6 Å². The molecule has 6 nitrogen and oxygen atoms in total. The van der Waals surface area contributed by atoms with Crippen molar-refractivity contribution < 1.29 is 9.21 Å². The van der Waals surface area contributed by atoms with E-state index in [1.807, 2.05) is 64.9 Å². The molecule has 1 saturated heterocycles. The Hall–Kier alpha value is -3.15. The van der Waals surface area contributed by atoms with E-state index in [0.29, 0.717) is 12.3 Å². The molecule has 130 valence electrons. The summed E-state index contributed by atoms with van der Waals surface area (Å²) in [6.45, 7) is 2.64. The van der Waals surface area contributed by atoms with Crippen LogP contribution in [0, 0.1) is 6.92 Å². The van der Waals surface area contributed by atoms with Crippen LogP contribution < -0.4 is 0 Å². The van der Waals surface area contributed by atoms with Gasteiger partial charge in [0.05, 0.1) is 6.04 Å². The number of aryl methyl sites for hydroxylation is 1. The first-order valence-electron chi connectivity index (χ1n) is 8.83. The number of amides is 1. The number of fused-ring (bicyclic) bond motifs is 2. The number of benzene rings is 1. The van der Waals surface area contributed by atoms with Crippen molar-refractivity contribution in [3.8, 4) is 0 Å². The molecule has 0 radical (unpaired) electrons. The van der Waals surface area contributed by atoms with Crippen LogP contribution in [0.25, 0.3) is 16.6 Å². The summed E-state index contributed by atoms with van der Waals surface area (Å²) in [7, 11) is 0. The lowest BCUT2D eigenvalue weighted by molar-refractivity contribution is 0.0698. The molecule has 4 aromatic rings. The minimum Gasteiger partial charge on any atom is -0.451 e. The zero-order chi connectivity index (χ0) is 17.7. The fraction of sp³-hybridized carbons (Fsp3) is 0.250. The molecule has 0 bridgehead atoms. The van der Waals surface area contributed by atoms with E-state index in [0.717, 1.165) is 40.8 Å². The van der Waals surface area contributed by atoms with Crippen molar-refractivity contribution in [3.05, 3.63) is 65.8 Å². The fourth-order valence-electron chi connectivity index (χ4n) is 3.87. The van der Waals surface area contributed by atoms with Gasteiger partial charge in [-0.1, -0.05) is 24.3 Å². The predicted octanol–water partition coefficient (Wildman–Crippen LogP) is 3.76. The third-order valence-electron chi connectivity index (χ3n) is 5.19. The van der Waals surface area contributed by atoms with Crippen LogP contribution in [0.1, 0.15) is 40.8 Å². The van der Waals surface area contributed by atoms with Crippen LogP contribution in [0.15, 0.2) is 53.1 Å². The summed E-state index contributed by atoms with van der Waals surface area (Å²) < 4.78 is 7.85. The van der Waals surface area contributed by atoms with E-state index in [4.69, 9.17) is 4.42 Å². The Morgan fingerprint density at radius 1 is 1.15 bits per heavy atom. The standard InChI is InChI=1S/C20H18N4O2/c1-13-14-7-2-3-9-16(14)26-18(13)20(25)23-12-6-8-15(23)19-22-21-17-10-4-5-11-24(17)19/h2-5,7,9-11,15H,6,8,12H2,1H3. The van der Waals surface area contributed by atoms with E-state index >= 15 is 0 Å². The molecule has 1 aliphatic heterocycles. The van der Waals surface area contributed by atoms with Crippen LogP contribution >= 0.6 is 0 Å². The third-order valence-corrected chi connectivity index (χ3v) is 5.19. The van der Waals surface area contributed by atoms with Gasteiger partial charge in [0.25, 0.3) is 5.91 Å². The van der Waals surface area contributed by atoms with Gasteiger partial charge in [-0.2, -0.15) is 0 Å². The Morgan fingerprint density at radius 2 is 2.00 bits per heavy atom. The number of nitrogens with zero attached hydrogens (tertiary/aromatic N) is 4. The zero-order valence-electron chi connectivity index (χ0n) is 14.4. The second-order valence-corrected chi connectivity index (χ2v) is 6.70. The highest BCUT2D eigenvalue weighted by Gasteiger charge is 2.35. The highest BCUT2D eigenvalue weighted by atomic mass is 16.3. The van der Waals surface area contributed by atoms with Gasteiger partial charge >= 0.3 is 0 Å². The zero-order valence-corrected chi connectivity index (χ0v) is 14.4. The quantitative estimate of drug-likeness (QED) is 0.554. The first kappa shape index (κ1) is 15.1. The Balaban J connectivity index is 1.56. The summed E-state index contributed by atoms with van der Waals surface area (Å²) in [5, 5.41) is 9.58. The minimum atomic E-state index is -0.0903. The number of furan rings is 1. The normalized spacial score (nSPS) is 17.4. The maximum absolute atomic E-state index is 13.3. The Bertz CT molecular complexity index is 1130. The summed E-state index contributed by atoms with van der Waals surface area (Å²) in [4.78, 5) is 15.1. The summed E-state index contributed by atoms with van der Waals surface area (Å²) >= 11 is 0. The number of pyridine rings is 1. The van der Waals surface area contributed by atoms with Crippen LogP contribution in [0.4, 0.5) is 0 Å². The van der Waals surface area contributed by atoms with Crippen LogP contribution in [0.2, 0.25) is 0 Å². The van der Waals surface area contributed by atoms with Crippen LogP contribution in [-0.2, 0) is 0 Å². The van der Waals surface area contributed by atoms with Crippen LogP contribution in [0.5, 0.6) is 0 Å². The number of rotatable bonds is 2. The van der Waals surface area contributed by atoms with Crippen molar-refractivity contribution in [1.29, 1.82) is 0 Å². The van der Waals surface area contributed by atoms with E-state index in [-0.39, 0.29) is 11.9 Å². The Kier molecular flexibility index (Phi) is 3.31. The summed E-state index contributed by atoms with van der Waals surface area (Å²) in [6, 6.07) is 13.5. The number of para-hydroxylation sites is 1. The van der Waals surface area contributed by atoms with E-state index in [9.17, 15) is 4.79 Å². The van der Waals surface area contributed by atoms with Gasteiger partial charge in [0.1, 0.15) is 5.58 Å². The van der Waals surface area contributed by atoms with Crippen molar-refractivity contribution in [3.63, 3.8) is 0 Å². The maximum Gasteiger partial charge on any atom is 0.290 e. The molecule has 1 amide bonds. The van der Waals surface area contributed by atoms with E-state index in [1.54, 1.807) is 0 Å². The maximum atomic E-state index is 13.3. The highest BCUT2D eigenvalue weighted by Crippen LogP contribution is 2.34. The molecule has 0 saturated carbocycles. The lowest BCUT2D eigenvalue weighted by Gasteiger charge is -2.22. The van der Waals surface area contributed by atoms with Gasteiger partial charge in [-0.15, -0.1) is 10.2 Å². The number of hydrogen-bond acceptors (Lipinski definition) is 4. The average molecular weight is 346 g/mol. The molecule has 3 aromatic heterocycles. The molecular weight excluding hydrogens is 328 g/mol. The molecule has 4 heterocycles. The van der Waals surface area contributed by atoms with Crippen molar-refractivity contribution in [2.75, 3.05) is 6.54 Å². The minimum absolute atomic E-state index is 0.0751. The molecule has 1 fully saturated rings. The molecular formula is C20H18N4O2. The second kappa shape index (κ2) is 5.69. The number of carbonyl (C=O) groups excluding carboxylic acids is 1. The molecule has 0 N–H and O–H groups in total. The second-order valence-electron chi connectivity index (χ2n) is 6.70. The summed E-state index contributed by atoms with van der Waals surface area (Å²) in [6.07, 6.45) is 3.76. The molecule has 1 atom stereocenters. The molecule has 26 heavy (non-hydrogen) atoms. The molecule has 0 spiro atoms. The van der Waals surface area contributed by atoms with Crippen molar-refractivity contribution >= 4 is 22.5 Å². The van der Waals surface area contributed by atoms with Crippen molar-refractivity contribution in [1.82, 2.24) is 19.5 Å². The number of carbonyl (C=O) groups is 1. The van der Waals surface area contributed by atoms with Gasteiger partial charge in [0.15, 0.2) is 17.2 Å². The molecule has 0 aliphatic carbocycles. The predicted molar refractivity (Wildman–Crippen MR) is 96.9 cm³/mol. The summed E-state index contributed by atoms with van der Waals surface area (Å²) in [5.41, 5.74) is 2.43. The van der Waals surface area contributed by atoms with E-state index < -0.39 is 0 Å². The molecule has 1 aliphatic rings. The van der Waals surface area contributed by atoms with Gasteiger partial charge in [-0.05, 0) is 38.0 Å². The SMILES string of the molecule is Cc1c(C(=O)N2CCCC2c2nnc3ccccn23)oc2ccccc12. The molecule has 5 rings (SSSR count). The average Bonchev–Trinajstić information content (AvgIpc) is 3.38. The lowest BCUT2D eigenvalue weighted by atomic mass is 10.1. The first-order valence-corrected chi connectivity index (χ1v) is 8.83. The largest absolute Gasteiger partial charge is 0.451 e. The third kappa shape index (κ3) is 2.15. The number of likely N-dealkylation sites (tertiary alicyclic amines) is 1. The van der Waals surface area contributed by atoms with Crippen molar-refractivity contribution in [2.24, 2.45) is 0 Å². The van der Waals surface area contributed by atoms with Crippen LogP contribution in [0.3, 0.4) is 0 Å². The van der Waals surface area contributed by atoms with Gasteiger partial charge in [0.2, 0.25) is 0 Å². The molecule has 1 unspecified atom stereocenters. The van der Waals surface area contributed by atoms with E-state index in [1.165, 1.54) is 0 Å². The Labute approximate surface area is 150 Å². The van der Waals surface area contributed by atoms with Crippen molar-refractivity contribution in [2.45, 2.75) is 25.8 Å². The van der Waals surface area contributed by atoms with Gasteiger partial charge in [-0.3, -0.25) is 9.20 Å². The monoisotopic (exact) mass is 346 g/mol. The molecule has 1 aromatic carbocycles. The summed E-state index contributed by atoms with van der Waals surface area (Å²) in [5.74, 6) is 1.15. The fourth-order valence-corrected chi connectivity index (χ4v) is 3.87. The highest BCUT2D eigenvalue weighted by molar-refractivity contribution is 5.99. The van der Waals surface area contributed by atoms with Gasteiger partial charge in [-0.25, -0.2) is 0 Å². The Morgan fingerprint density at radius 3 is 2.88 bits per heavy atom.